The van der Waals surface area contributed by atoms with Crippen molar-refractivity contribution >= 4 is 5.97 Å². The molecule has 1 atom stereocenters. The lowest BCUT2D eigenvalue weighted by atomic mass is 10.2. The van der Waals surface area contributed by atoms with Crippen molar-refractivity contribution in [3.05, 3.63) is 11.8 Å². The van der Waals surface area contributed by atoms with Gasteiger partial charge >= 0.3 is 5.97 Å². The number of rotatable bonds is 1. The molecule has 12 heavy (non-hydrogen) atoms. The van der Waals surface area contributed by atoms with E-state index in [1.807, 2.05) is 13.8 Å². The highest BCUT2D eigenvalue weighted by Gasteiger charge is 2.04. The van der Waals surface area contributed by atoms with Gasteiger partial charge in [0.15, 0.2) is 0 Å². The van der Waals surface area contributed by atoms with E-state index in [1.54, 1.807) is 6.20 Å². The second-order valence-electron chi connectivity index (χ2n) is 2.33. The summed E-state index contributed by atoms with van der Waals surface area (Å²) in [5.41, 5.74) is 1.25. The summed E-state index contributed by atoms with van der Waals surface area (Å²) in [5.74, 6) is -1.19. The molecule has 5 heteroatoms. The zero-order valence-corrected chi connectivity index (χ0v) is 7.06. The molecular weight excluding hydrogens is 160 g/mol. The molecule has 0 amide bonds. The highest BCUT2D eigenvalue weighted by Crippen LogP contribution is 2.11. The lowest BCUT2D eigenvalue weighted by molar-refractivity contribution is -0.140. The first-order valence-corrected chi connectivity index (χ1v) is 3.47. The molecule has 0 aliphatic carbocycles. The molecule has 5 nitrogen and oxygen atoms in total. The summed E-state index contributed by atoms with van der Waals surface area (Å²) in [6.07, 6.45) is 1.80. The monoisotopic (exact) mass is 172 g/mol. The Hall–Kier alpha value is -1.23. The third kappa shape index (κ3) is 4.56. The number of nitrogens with zero attached hydrogens (tertiary/aromatic N) is 2. The van der Waals surface area contributed by atoms with Gasteiger partial charge in [-0.05, 0) is 19.4 Å². The van der Waals surface area contributed by atoms with Gasteiger partial charge in [-0.1, -0.05) is 0 Å². The average Bonchev–Trinajstić information content (AvgIpc) is 2.37. The van der Waals surface area contributed by atoms with Crippen LogP contribution in [-0.2, 0) is 4.79 Å². The van der Waals surface area contributed by atoms with Gasteiger partial charge in [0.1, 0.15) is 6.61 Å². The van der Waals surface area contributed by atoms with Gasteiger partial charge in [-0.15, -0.1) is 0 Å². The normalized spacial score (nSPS) is 19.6. The van der Waals surface area contributed by atoms with Crippen LogP contribution in [0.4, 0.5) is 0 Å². The van der Waals surface area contributed by atoms with Crippen LogP contribution in [0.5, 0.6) is 0 Å². The van der Waals surface area contributed by atoms with Crippen LogP contribution in [0.2, 0.25) is 0 Å². The number of hydrogen-bond acceptors (Lipinski definition) is 4. The third-order valence-electron chi connectivity index (χ3n) is 1.30. The number of aliphatic hydroxyl groups is 1. The topological polar surface area (TPSA) is 82.2 Å². The summed E-state index contributed by atoms with van der Waals surface area (Å²) < 4.78 is 0. The van der Waals surface area contributed by atoms with Gasteiger partial charge in [0.05, 0.1) is 12.2 Å². The fraction of sp³-hybridized carbons (Fsp3) is 0.571. The number of aliphatic carboxylic acids is 1. The van der Waals surface area contributed by atoms with Gasteiger partial charge in [0, 0.05) is 0 Å². The molecule has 0 saturated carbocycles. The molecule has 0 bridgehead atoms. The molecule has 1 unspecified atom stereocenters. The van der Waals surface area contributed by atoms with E-state index in [-0.39, 0.29) is 0 Å². The molecule has 0 saturated heterocycles. The summed E-state index contributed by atoms with van der Waals surface area (Å²) in [4.78, 5) is 9.12. The molecule has 1 heterocycles. The summed E-state index contributed by atoms with van der Waals surface area (Å²) in [7, 11) is 0. The Morgan fingerprint density at radius 3 is 2.33 bits per heavy atom. The molecule has 1 rings (SSSR count). The molecule has 0 aromatic carbocycles. The zero-order chi connectivity index (χ0) is 9.56. The first-order valence-electron chi connectivity index (χ1n) is 3.47. The van der Waals surface area contributed by atoms with Crippen LogP contribution < -0.4 is 0 Å². The van der Waals surface area contributed by atoms with E-state index in [0.717, 1.165) is 0 Å². The molecule has 0 radical (unpaired) electrons. The van der Waals surface area contributed by atoms with Crippen LogP contribution in [0, 0.1) is 0 Å². The minimum Gasteiger partial charge on any atom is -0.480 e. The number of hydrogen-bond donors (Lipinski definition) is 2. The molecular formula is C7H12N2O3. The number of aliphatic hydroxyl groups excluding tert-OH is 1. The number of carbonyl (C=O) groups is 1. The molecule has 2 N–H and O–H groups in total. The predicted molar refractivity (Wildman–Crippen MR) is 42.8 cm³/mol. The minimum absolute atomic E-state index is 0.333. The largest absolute Gasteiger partial charge is 0.480 e. The molecule has 0 fully saturated rings. The Morgan fingerprint density at radius 2 is 2.25 bits per heavy atom. The Bertz CT molecular complexity index is 211. The van der Waals surface area contributed by atoms with Crippen molar-refractivity contribution in [3.63, 3.8) is 0 Å². The lowest BCUT2D eigenvalue weighted by Crippen LogP contribution is -1.98. The van der Waals surface area contributed by atoms with Gasteiger partial charge in [-0.3, -0.25) is 0 Å². The van der Waals surface area contributed by atoms with E-state index < -0.39 is 12.6 Å². The standard InChI is InChI=1S/C5H8N2.C2H4O3/c1-4-3-6-7-5(4)2;3-1-2(4)5/h3,5H,1-2H3;3H,1H2,(H,4,5). The molecule has 0 spiro atoms. The number of carboxylic acid groups (broad SMARTS) is 1. The van der Waals surface area contributed by atoms with Crippen molar-refractivity contribution < 1.29 is 15.0 Å². The molecule has 68 valence electrons. The van der Waals surface area contributed by atoms with Gasteiger partial charge in [-0.2, -0.15) is 10.2 Å². The number of carboxylic acids is 1. The van der Waals surface area contributed by atoms with Crippen molar-refractivity contribution in [3.8, 4) is 0 Å². The first-order chi connectivity index (χ1) is 5.57. The van der Waals surface area contributed by atoms with Crippen LogP contribution in [-0.4, -0.2) is 28.8 Å². The van der Waals surface area contributed by atoms with E-state index >= 15 is 0 Å². The predicted octanol–water partition coefficient (Wildman–Crippen LogP) is 0.808. The highest BCUT2D eigenvalue weighted by atomic mass is 16.4. The van der Waals surface area contributed by atoms with E-state index in [2.05, 4.69) is 10.2 Å². The Morgan fingerprint density at radius 1 is 1.75 bits per heavy atom. The summed E-state index contributed by atoms with van der Waals surface area (Å²) in [6.45, 7) is 3.28. The van der Waals surface area contributed by atoms with Crippen molar-refractivity contribution in [2.24, 2.45) is 10.2 Å². The molecule has 1 aliphatic heterocycles. The SMILES string of the molecule is CC1=CN=NC1C.O=C(O)CO. The third-order valence-corrected chi connectivity index (χ3v) is 1.30. The molecule has 0 aromatic rings. The zero-order valence-electron chi connectivity index (χ0n) is 7.06. The van der Waals surface area contributed by atoms with Gasteiger partial charge < -0.3 is 10.2 Å². The highest BCUT2D eigenvalue weighted by molar-refractivity contribution is 5.67. The molecule has 1 aliphatic rings. The second kappa shape index (κ2) is 5.42. The van der Waals surface area contributed by atoms with Crippen molar-refractivity contribution in [1.82, 2.24) is 0 Å². The summed E-state index contributed by atoms with van der Waals surface area (Å²) >= 11 is 0. The Balaban J connectivity index is 0.000000217. The van der Waals surface area contributed by atoms with Gasteiger partial charge in [0.25, 0.3) is 0 Å². The smallest absolute Gasteiger partial charge is 0.329 e. The van der Waals surface area contributed by atoms with Crippen LogP contribution in [0.25, 0.3) is 0 Å². The fourth-order valence-electron chi connectivity index (χ4n) is 0.423. The minimum atomic E-state index is -1.19. The molecule has 0 aromatic heterocycles. The van der Waals surface area contributed by atoms with E-state index in [1.165, 1.54) is 5.57 Å². The Kier molecular flexibility index (Phi) is 4.87. The van der Waals surface area contributed by atoms with Gasteiger partial charge in [0.2, 0.25) is 0 Å². The van der Waals surface area contributed by atoms with Crippen LogP contribution in [0.15, 0.2) is 22.0 Å². The Labute approximate surface area is 70.4 Å². The maximum absolute atomic E-state index is 9.12. The summed E-state index contributed by atoms with van der Waals surface area (Å²) in [6, 6.07) is 0.333. The summed E-state index contributed by atoms with van der Waals surface area (Å²) in [5, 5.41) is 22.6. The number of azo groups is 1. The average molecular weight is 172 g/mol. The van der Waals surface area contributed by atoms with Crippen molar-refractivity contribution in [1.29, 1.82) is 0 Å². The van der Waals surface area contributed by atoms with Gasteiger partial charge in [-0.25, -0.2) is 4.79 Å². The van der Waals surface area contributed by atoms with Crippen LogP contribution in [0.3, 0.4) is 0 Å². The quantitative estimate of drug-likeness (QED) is 0.613. The van der Waals surface area contributed by atoms with E-state index in [9.17, 15) is 0 Å². The van der Waals surface area contributed by atoms with E-state index in [4.69, 9.17) is 15.0 Å². The fourth-order valence-corrected chi connectivity index (χ4v) is 0.423. The first kappa shape index (κ1) is 10.8. The van der Waals surface area contributed by atoms with E-state index in [0.29, 0.717) is 6.04 Å². The maximum Gasteiger partial charge on any atom is 0.329 e. The van der Waals surface area contributed by atoms with Crippen LogP contribution in [0.1, 0.15) is 13.8 Å². The van der Waals surface area contributed by atoms with Crippen molar-refractivity contribution in [2.75, 3.05) is 6.61 Å². The second-order valence-corrected chi connectivity index (χ2v) is 2.33. The maximum atomic E-state index is 9.12. The lowest BCUT2D eigenvalue weighted by Gasteiger charge is -1.92. The van der Waals surface area contributed by atoms with Crippen LogP contribution >= 0.6 is 0 Å². The van der Waals surface area contributed by atoms with Crippen molar-refractivity contribution in [2.45, 2.75) is 19.9 Å².